The number of rotatable bonds is 3. The van der Waals surface area contributed by atoms with Crippen molar-refractivity contribution in [1.29, 1.82) is 0 Å². The molecule has 4 heteroatoms. The van der Waals surface area contributed by atoms with Crippen molar-refractivity contribution in [2.24, 2.45) is 11.7 Å². The Balaban J connectivity index is 2.34. The van der Waals surface area contributed by atoms with Gasteiger partial charge in [-0.2, -0.15) is 0 Å². The summed E-state index contributed by atoms with van der Waals surface area (Å²) in [6.07, 6.45) is 5.35. The summed E-state index contributed by atoms with van der Waals surface area (Å²) in [4.78, 5) is 10.4. The molecule has 0 saturated heterocycles. The topological polar surface area (TPSA) is 75.3 Å². The molecule has 0 radical (unpaired) electrons. The summed E-state index contributed by atoms with van der Waals surface area (Å²) in [5, 5.41) is 11.6. The molecule has 0 aromatic carbocycles. The van der Waals surface area contributed by atoms with E-state index in [9.17, 15) is 4.79 Å². The first kappa shape index (κ1) is 9.06. The quantitative estimate of drug-likeness (QED) is 0.553. The molecule has 0 aliphatic carbocycles. The van der Waals surface area contributed by atoms with Gasteiger partial charge < -0.3 is 16.2 Å². The zero-order valence-corrected chi connectivity index (χ0v) is 6.86. The van der Waals surface area contributed by atoms with E-state index in [1.807, 2.05) is 12.3 Å². The van der Waals surface area contributed by atoms with Gasteiger partial charge in [-0.3, -0.25) is 4.79 Å². The molecular formula is C8H14N2O2. The normalized spacial score (nSPS) is 24.6. The molecule has 1 heterocycles. The second-order valence-electron chi connectivity index (χ2n) is 3.04. The number of aliphatic carboxylic acids is 1. The number of allylic oxidation sites excluding steroid dienone is 1. The van der Waals surface area contributed by atoms with Gasteiger partial charge in [0.1, 0.15) is 6.04 Å². The van der Waals surface area contributed by atoms with Crippen LogP contribution in [0.3, 0.4) is 0 Å². The highest BCUT2D eigenvalue weighted by molar-refractivity contribution is 5.73. The molecule has 4 nitrogen and oxygen atoms in total. The molecule has 0 aromatic rings. The maximum atomic E-state index is 10.4. The second-order valence-corrected chi connectivity index (χ2v) is 3.04. The Bertz CT molecular complexity index is 191. The Labute approximate surface area is 71.4 Å². The molecule has 1 aliphatic rings. The number of nitrogens with one attached hydrogen (secondary N) is 1. The summed E-state index contributed by atoms with van der Waals surface area (Å²) < 4.78 is 0. The Morgan fingerprint density at radius 3 is 3.08 bits per heavy atom. The summed E-state index contributed by atoms with van der Waals surface area (Å²) in [6.45, 7) is 0.910. The Morgan fingerprint density at radius 2 is 2.58 bits per heavy atom. The number of carbonyl (C=O) groups is 1. The maximum Gasteiger partial charge on any atom is 0.320 e. The van der Waals surface area contributed by atoms with Crippen molar-refractivity contribution in [2.45, 2.75) is 18.9 Å². The SMILES string of the molecule is N[C@@H](CC1C=CNCC1)C(=O)O. The van der Waals surface area contributed by atoms with Crippen molar-refractivity contribution in [3.05, 3.63) is 12.3 Å². The van der Waals surface area contributed by atoms with Crippen molar-refractivity contribution in [2.75, 3.05) is 6.54 Å². The Morgan fingerprint density at radius 1 is 1.83 bits per heavy atom. The number of hydrogen-bond donors (Lipinski definition) is 3. The molecule has 2 atom stereocenters. The van der Waals surface area contributed by atoms with Crippen molar-refractivity contribution < 1.29 is 9.90 Å². The van der Waals surface area contributed by atoms with E-state index in [0.29, 0.717) is 12.3 Å². The van der Waals surface area contributed by atoms with Crippen LogP contribution in [-0.4, -0.2) is 23.7 Å². The van der Waals surface area contributed by atoms with Gasteiger partial charge in [-0.25, -0.2) is 0 Å². The number of hydrogen-bond acceptors (Lipinski definition) is 3. The fraction of sp³-hybridized carbons (Fsp3) is 0.625. The summed E-state index contributed by atoms with van der Waals surface area (Å²) in [5.74, 6) is -0.598. The van der Waals surface area contributed by atoms with E-state index < -0.39 is 12.0 Å². The summed E-state index contributed by atoms with van der Waals surface area (Å²) in [7, 11) is 0. The van der Waals surface area contributed by atoms with Gasteiger partial charge in [0.25, 0.3) is 0 Å². The van der Waals surface area contributed by atoms with Crippen molar-refractivity contribution >= 4 is 5.97 Å². The standard InChI is InChI=1S/C8H14N2O2/c9-7(8(11)12)5-6-1-3-10-4-2-6/h1,3,6-7,10H,2,4-5,9H2,(H,11,12)/t6?,7-/m0/s1. The molecule has 0 spiro atoms. The minimum atomic E-state index is -0.915. The van der Waals surface area contributed by atoms with Crippen LogP contribution >= 0.6 is 0 Å². The minimum absolute atomic E-state index is 0.317. The van der Waals surface area contributed by atoms with E-state index in [1.54, 1.807) is 0 Å². The lowest BCUT2D eigenvalue weighted by Gasteiger charge is -2.18. The Hall–Kier alpha value is -1.03. The molecule has 0 fully saturated rings. The highest BCUT2D eigenvalue weighted by Gasteiger charge is 2.17. The maximum absolute atomic E-state index is 10.4. The van der Waals surface area contributed by atoms with Gasteiger partial charge >= 0.3 is 5.97 Å². The monoisotopic (exact) mass is 170 g/mol. The van der Waals surface area contributed by atoms with Crippen molar-refractivity contribution in [3.63, 3.8) is 0 Å². The third-order valence-corrected chi connectivity index (χ3v) is 2.02. The van der Waals surface area contributed by atoms with E-state index >= 15 is 0 Å². The van der Waals surface area contributed by atoms with Gasteiger partial charge in [-0.1, -0.05) is 6.08 Å². The lowest BCUT2D eigenvalue weighted by Crippen LogP contribution is -2.33. The van der Waals surface area contributed by atoms with Gasteiger partial charge in [0.15, 0.2) is 0 Å². The van der Waals surface area contributed by atoms with Crippen LogP contribution in [0, 0.1) is 5.92 Å². The number of carboxylic acid groups (broad SMARTS) is 1. The number of nitrogens with two attached hydrogens (primary N) is 1. The average Bonchev–Trinajstić information content (AvgIpc) is 2.06. The van der Waals surface area contributed by atoms with E-state index in [2.05, 4.69) is 5.32 Å². The lowest BCUT2D eigenvalue weighted by molar-refractivity contribution is -0.138. The molecule has 1 rings (SSSR count). The third-order valence-electron chi connectivity index (χ3n) is 2.02. The molecule has 0 amide bonds. The van der Waals surface area contributed by atoms with E-state index in [-0.39, 0.29) is 0 Å². The molecule has 1 unspecified atom stereocenters. The summed E-state index contributed by atoms with van der Waals surface area (Å²) >= 11 is 0. The fourth-order valence-electron chi connectivity index (χ4n) is 1.28. The van der Waals surface area contributed by atoms with Crippen LogP contribution in [0.15, 0.2) is 12.3 Å². The number of carboxylic acids is 1. The van der Waals surface area contributed by atoms with Crippen LogP contribution in [0.25, 0.3) is 0 Å². The van der Waals surface area contributed by atoms with E-state index in [1.165, 1.54) is 0 Å². The molecule has 0 saturated carbocycles. The molecule has 12 heavy (non-hydrogen) atoms. The van der Waals surface area contributed by atoms with Gasteiger partial charge in [0.2, 0.25) is 0 Å². The Kier molecular flexibility index (Phi) is 3.10. The van der Waals surface area contributed by atoms with Gasteiger partial charge in [0, 0.05) is 6.54 Å². The van der Waals surface area contributed by atoms with Gasteiger partial charge in [-0.05, 0) is 25.0 Å². The first-order valence-electron chi connectivity index (χ1n) is 4.08. The van der Waals surface area contributed by atoms with Crippen molar-refractivity contribution in [3.8, 4) is 0 Å². The fourth-order valence-corrected chi connectivity index (χ4v) is 1.28. The van der Waals surface area contributed by atoms with Crippen LogP contribution < -0.4 is 11.1 Å². The van der Waals surface area contributed by atoms with Crippen LogP contribution in [0.5, 0.6) is 0 Å². The zero-order valence-electron chi connectivity index (χ0n) is 6.86. The van der Waals surface area contributed by atoms with Gasteiger partial charge in [-0.15, -0.1) is 0 Å². The summed E-state index contributed by atoms with van der Waals surface area (Å²) in [6, 6.07) is -0.724. The van der Waals surface area contributed by atoms with Crippen LogP contribution in [0.2, 0.25) is 0 Å². The first-order valence-corrected chi connectivity index (χ1v) is 4.08. The average molecular weight is 170 g/mol. The largest absolute Gasteiger partial charge is 0.480 e. The molecule has 1 aliphatic heterocycles. The first-order chi connectivity index (χ1) is 5.70. The molecule has 0 aromatic heterocycles. The van der Waals surface area contributed by atoms with Crippen molar-refractivity contribution in [1.82, 2.24) is 5.32 Å². The molecule has 4 N–H and O–H groups in total. The highest BCUT2D eigenvalue weighted by atomic mass is 16.4. The predicted molar refractivity (Wildman–Crippen MR) is 45.5 cm³/mol. The van der Waals surface area contributed by atoms with Crippen LogP contribution in [0.1, 0.15) is 12.8 Å². The van der Waals surface area contributed by atoms with E-state index in [0.717, 1.165) is 13.0 Å². The molecule has 68 valence electrons. The predicted octanol–water partition coefficient (Wildman–Crippen LogP) is -0.0884. The lowest BCUT2D eigenvalue weighted by atomic mass is 9.95. The minimum Gasteiger partial charge on any atom is -0.480 e. The second kappa shape index (κ2) is 4.11. The summed E-state index contributed by atoms with van der Waals surface area (Å²) in [5.41, 5.74) is 5.39. The molecular weight excluding hydrogens is 156 g/mol. The third kappa shape index (κ3) is 2.54. The van der Waals surface area contributed by atoms with Crippen LogP contribution in [-0.2, 0) is 4.79 Å². The van der Waals surface area contributed by atoms with E-state index in [4.69, 9.17) is 10.8 Å². The zero-order chi connectivity index (χ0) is 8.97. The smallest absolute Gasteiger partial charge is 0.320 e. The van der Waals surface area contributed by atoms with Crippen LogP contribution in [0.4, 0.5) is 0 Å². The highest BCUT2D eigenvalue weighted by Crippen LogP contribution is 2.14. The van der Waals surface area contributed by atoms with Gasteiger partial charge in [0.05, 0.1) is 0 Å². The molecule has 0 bridgehead atoms.